The second kappa shape index (κ2) is 3.44. The molecule has 0 radical (unpaired) electrons. The van der Waals surface area contributed by atoms with Crippen molar-refractivity contribution in [2.24, 2.45) is 0 Å². The van der Waals surface area contributed by atoms with Crippen LogP contribution in [0.4, 0.5) is 0 Å². The Morgan fingerprint density at radius 3 is 1.50 bits per heavy atom. The van der Waals surface area contributed by atoms with E-state index >= 15 is 0 Å². The van der Waals surface area contributed by atoms with E-state index in [1.807, 2.05) is 0 Å². The molecule has 2 rings (SSSR count). The van der Waals surface area contributed by atoms with Gasteiger partial charge in [0.1, 0.15) is 5.60 Å². The largest absolute Gasteiger partial charge is 0.400 e. The van der Waals surface area contributed by atoms with Crippen molar-refractivity contribution in [2.75, 3.05) is 13.2 Å². The van der Waals surface area contributed by atoms with Gasteiger partial charge in [0.25, 0.3) is 0 Å². The lowest BCUT2D eigenvalue weighted by Crippen LogP contribution is -2.21. The molecule has 6 heteroatoms. The molecule has 0 aromatic carbocycles. The third-order valence-electron chi connectivity index (χ3n) is 1.60. The van der Waals surface area contributed by atoms with Crippen molar-refractivity contribution in [3.63, 3.8) is 0 Å². The molecule has 0 aliphatic carbocycles. The Bertz CT molecular complexity index is 298. The maximum Gasteiger partial charge on any atom is 0.400 e. The van der Waals surface area contributed by atoms with Gasteiger partial charge >= 0.3 is 10.4 Å². The van der Waals surface area contributed by atoms with Crippen LogP contribution in [0, 0.1) is 0 Å². The van der Waals surface area contributed by atoms with Gasteiger partial charge in [0, 0.05) is 0 Å². The van der Waals surface area contributed by atoms with Gasteiger partial charge in [-0.05, 0) is 27.7 Å². The fraction of sp³-hybridized carbons (Fsp3) is 1.00. The maximum atomic E-state index is 10.4. The molecule has 0 aromatic rings. The van der Waals surface area contributed by atoms with Gasteiger partial charge in [-0.1, -0.05) is 0 Å². The molecule has 0 unspecified atom stereocenters. The third-order valence-corrected chi connectivity index (χ3v) is 2.66. The molecule has 0 bridgehead atoms. The Morgan fingerprint density at radius 1 is 1.00 bits per heavy atom. The Morgan fingerprint density at radius 2 is 1.43 bits per heavy atom. The highest BCUT2D eigenvalue weighted by atomic mass is 32.3. The first-order valence-corrected chi connectivity index (χ1v) is 5.69. The highest BCUT2D eigenvalue weighted by Crippen LogP contribution is 2.23. The molecule has 0 aromatic heterocycles. The summed E-state index contributed by atoms with van der Waals surface area (Å²) in [4.78, 5) is 0. The first-order valence-electron chi connectivity index (χ1n) is 4.36. The first kappa shape index (κ1) is 11.9. The highest BCUT2D eigenvalue weighted by molar-refractivity contribution is 7.82. The van der Waals surface area contributed by atoms with E-state index in [1.165, 1.54) is 0 Å². The maximum absolute atomic E-state index is 10.4. The van der Waals surface area contributed by atoms with E-state index < -0.39 is 16.0 Å². The number of rotatable bonds is 0. The molecule has 2 fully saturated rings. The van der Waals surface area contributed by atoms with E-state index in [0.717, 1.165) is 6.61 Å². The molecule has 2 aliphatic heterocycles. The highest BCUT2D eigenvalue weighted by Gasteiger charge is 2.36. The van der Waals surface area contributed by atoms with Gasteiger partial charge in [-0.3, -0.25) is 0 Å². The van der Waals surface area contributed by atoms with Crippen LogP contribution < -0.4 is 0 Å². The molecule has 84 valence electrons. The van der Waals surface area contributed by atoms with Crippen LogP contribution in [0.3, 0.4) is 0 Å². The number of ether oxygens (including phenoxy) is 1. The number of hydrogen-bond donors (Lipinski definition) is 0. The molecule has 14 heavy (non-hydrogen) atoms. The SMILES string of the molecule is CC1(C)CO1.CC1(C)COS(=O)(=O)O1. The lowest BCUT2D eigenvalue weighted by Gasteiger charge is -2.08. The van der Waals surface area contributed by atoms with E-state index in [2.05, 4.69) is 22.2 Å². The van der Waals surface area contributed by atoms with Crippen molar-refractivity contribution in [3.05, 3.63) is 0 Å². The summed E-state index contributed by atoms with van der Waals surface area (Å²) in [5.74, 6) is 0. The van der Waals surface area contributed by atoms with Crippen molar-refractivity contribution < 1.29 is 21.5 Å². The topological polar surface area (TPSA) is 65.1 Å². The molecule has 0 atom stereocenters. The monoisotopic (exact) mass is 224 g/mol. The van der Waals surface area contributed by atoms with E-state index in [-0.39, 0.29) is 12.2 Å². The van der Waals surface area contributed by atoms with E-state index in [1.54, 1.807) is 13.8 Å². The Labute approximate surface area is 84.7 Å². The van der Waals surface area contributed by atoms with Crippen LogP contribution in [0.5, 0.6) is 0 Å². The van der Waals surface area contributed by atoms with Crippen molar-refractivity contribution in [3.8, 4) is 0 Å². The zero-order valence-corrected chi connectivity index (χ0v) is 9.68. The summed E-state index contributed by atoms with van der Waals surface area (Å²) in [6.45, 7) is 8.51. The van der Waals surface area contributed by atoms with Gasteiger partial charge in [-0.2, -0.15) is 8.42 Å². The lowest BCUT2D eigenvalue weighted by atomic mass is 10.2. The summed E-state index contributed by atoms with van der Waals surface area (Å²) < 4.78 is 34.5. The quantitative estimate of drug-likeness (QED) is 0.571. The zero-order valence-electron chi connectivity index (χ0n) is 8.86. The summed E-state index contributed by atoms with van der Waals surface area (Å²) in [6.07, 6.45) is 0. The minimum atomic E-state index is -3.65. The molecular weight excluding hydrogens is 208 g/mol. The number of hydrogen-bond acceptors (Lipinski definition) is 5. The Hall–Kier alpha value is -0.170. The third kappa shape index (κ3) is 4.36. The second-order valence-electron chi connectivity index (χ2n) is 4.56. The molecule has 2 heterocycles. The van der Waals surface area contributed by atoms with Gasteiger partial charge in [-0.15, -0.1) is 0 Å². The molecule has 0 amide bonds. The van der Waals surface area contributed by atoms with E-state index in [4.69, 9.17) is 4.74 Å². The van der Waals surface area contributed by atoms with Gasteiger partial charge in [-0.25, -0.2) is 8.37 Å². The Balaban J connectivity index is 0.000000165. The Kier molecular flexibility index (Phi) is 2.93. The fourth-order valence-electron chi connectivity index (χ4n) is 0.683. The lowest BCUT2D eigenvalue weighted by molar-refractivity contribution is 0.139. The molecule has 0 saturated carbocycles. The van der Waals surface area contributed by atoms with Crippen LogP contribution in [-0.4, -0.2) is 32.8 Å². The van der Waals surface area contributed by atoms with Crippen molar-refractivity contribution in [1.82, 2.24) is 0 Å². The van der Waals surface area contributed by atoms with Crippen molar-refractivity contribution in [1.29, 1.82) is 0 Å². The predicted octanol–water partition coefficient (Wildman–Crippen LogP) is 0.852. The summed E-state index contributed by atoms with van der Waals surface area (Å²) in [5, 5.41) is 0. The molecule has 2 aliphatic rings. The zero-order chi connectivity index (χ0) is 11.0. The van der Waals surface area contributed by atoms with Crippen LogP contribution in [0.1, 0.15) is 27.7 Å². The summed E-state index contributed by atoms with van der Waals surface area (Å²) in [7, 11) is -3.65. The number of epoxide rings is 1. The summed E-state index contributed by atoms with van der Waals surface area (Å²) in [6, 6.07) is 0. The minimum absolute atomic E-state index is 0.106. The summed E-state index contributed by atoms with van der Waals surface area (Å²) >= 11 is 0. The molecule has 5 nitrogen and oxygen atoms in total. The standard InChI is InChI=1S/C4H8O4S.C4H8O/c1-4(2)3-7-9(5,6)8-4;1-4(2)3-5-4/h3H2,1-2H3;3H2,1-2H3. The molecular formula is C8H16O5S. The predicted molar refractivity (Wildman–Crippen MR) is 50.1 cm³/mol. The van der Waals surface area contributed by atoms with Crippen LogP contribution in [-0.2, 0) is 23.5 Å². The van der Waals surface area contributed by atoms with Crippen molar-refractivity contribution >= 4 is 10.4 Å². The van der Waals surface area contributed by atoms with Crippen LogP contribution in [0.25, 0.3) is 0 Å². The smallest absolute Gasteiger partial charge is 0.370 e. The van der Waals surface area contributed by atoms with Gasteiger partial charge in [0.05, 0.1) is 18.8 Å². The van der Waals surface area contributed by atoms with Crippen LogP contribution >= 0.6 is 0 Å². The normalized spacial score (nSPS) is 30.3. The van der Waals surface area contributed by atoms with Gasteiger partial charge in [0.15, 0.2) is 0 Å². The van der Waals surface area contributed by atoms with E-state index in [0.29, 0.717) is 0 Å². The summed E-state index contributed by atoms with van der Waals surface area (Å²) in [5.41, 5.74) is -0.432. The minimum Gasteiger partial charge on any atom is -0.370 e. The molecule has 0 N–H and O–H groups in total. The van der Waals surface area contributed by atoms with Crippen LogP contribution in [0.15, 0.2) is 0 Å². The van der Waals surface area contributed by atoms with E-state index in [9.17, 15) is 8.42 Å². The average molecular weight is 224 g/mol. The average Bonchev–Trinajstić information content (AvgIpc) is 2.55. The fourth-order valence-corrected chi connectivity index (χ4v) is 1.76. The van der Waals surface area contributed by atoms with Crippen LogP contribution in [0.2, 0.25) is 0 Å². The molecule has 2 saturated heterocycles. The second-order valence-corrected chi connectivity index (χ2v) is 5.78. The first-order chi connectivity index (χ1) is 6.12. The van der Waals surface area contributed by atoms with Gasteiger partial charge in [0.2, 0.25) is 0 Å². The molecule has 0 spiro atoms. The van der Waals surface area contributed by atoms with Crippen molar-refractivity contribution in [2.45, 2.75) is 38.9 Å². The van der Waals surface area contributed by atoms with Gasteiger partial charge < -0.3 is 4.74 Å².